The van der Waals surface area contributed by atoms with Gasteiger partial charge < -0.3 is 19.5 Å². The molecule has 0 bridgehead atoms. The first-order chi connectivity index (χ1) is 19.2. The van der Waals surface area contributed by atoms with Gasteiger partial charge in [-0.1, -0.05) is 84.9 Å². The average molecular weight is 525 g/mol. The van der Waals surface area contributed by atoms with E-state index in [0.29, 0.717) is 39.5 Å². The van der Waals surface area contributed by atoms with E-state index >= 15 is 0 Å². The quantitative estimate of drug-likeness (QED) is 0.205. The SMILES string of the molecule is COCCNC(=O)CN(Cc1ccc(OCc2ccccc2)cc1)Cc1ccc(OCc2ccccc2)cc1. The molecule has 4 aromatic carbocycles. The summed E-state index contributed by atoms with van der Waals surface area (Å²) in [7, 11) is 1.62. The maximum absolute atomic E-state index is 12.6. The molecule has 0 spiro atoms. The number of amides is 1. The number of benzene rings is 4. The molecule has 1 N–H and O–H groups in total. The van der Waals surface area contributed by atoms with Gasteiger partial charge in [0.25, 0.3) is 0 Å². The number of hydrogen-bond acceptors (Lipinski definition) is 5. The third-order valence-electron chi connectivity index (χ3n) is 6.15. The molecule has 0 unspecified atom stereocenters. The van der Waals surface area contributed by atoms with Gasteiger partial charge in [-0.05, 0) is 46.5 Å². The van der Waals surface area contributed by atoms with Crippen molar-refractivity contribution in [3.63, 3.8) is 0 Å². The fourth-order valence-electron chi connectivity index (χ4n) is 4.10. The number of nitrogens with zero attached hydrogens (tertiary/aromatic N) is 1. The molecule has 0 aromatic heterocycles. The minimum atomic E-state index is -0.0299. The summed E-state index contributed by atoms with van der Waals surface area (Å²) in [5.74, 6) is 1.60. The summed E-state index contributed by atoms with van der Waals surface area (Å²) in [5.41, 5.74) is 4.47. The van der Waals surface area contributed by atoms with Crippen molar-refractivity contribution in [2.24, 2.45) is 0 Å². The zero-order valence-electron chi connectivity index (χ0n) is 22.4. The smallest absolute Gasteiger partial charge is 0.234 e. The van der Waals surface area contributed by atoms with Crippen LogP contribution in [0, 0.1) is 0 Å². The van der Waals surface area contributed by atoms with Crippen LogP contribution in [-0.4, -0.2) is 37.6 Å². The third kappa shape index (κ3) is 9.93. The van der Waals surface area contributed by atoms with Crippen LogP contribution in [0.1, 0.15) is 22.3 Å². The standard InChI is InChI=1S/C33H36N2O4/c1-37-21-20-34-33(36)24-35(22-27-12-16-31(17-13-27)38-25-29-8-4-2-5-9-29)23-28-14-18-32(19-15-28)39-26-30-10-6-3-7-11-30/h2-19H,20-26H2,1H3,(H,34,36). The number of nitrogens with one attached hydrogen (secondary N) is 1. The largest absolute Gasteiger partial charge is 0.489 e. The van der Waals surface area contributed by atoms with Crippen LogP contribution in [0.2, 0.25) is 0 Å². The molecule has 0 saturated carbocycles. The van der Waals surface area contributed by atoms with Crippen LogP contribution in [0.15, 0.2) is 109 Å². The van der Waals surface area contributed by atoms with Crippen molar-refractivity contribution in [1.29, 1.82) is 0 Å². The zero-order chi connectivity index (χ0) is 27.1. The molecule has 0 aliphatic carbocycles. The van der Waals surface area contributed by atoms with E-state index in [1.807, 2.05) is 84.9 Å². The molecule has 39 heavy (non-hydrogen) atoms. The highest BCUT2D eigenvalue weighted by Crippen LogP contribution is 2.19. The second-order valence-electron chi connectivity index (χ2n) is 9.32. The van der Waals surface area contributed by atoms with E-state index in [0.717, 1.165) is 33.8 Å². The van der Waals surface area contributed by atoms with Gasteiger partial charge in [-0.15, -0.1) is 0 Å². The molecule has 6 nitrogen and oxygen atoms in total. The van der Waals surface area contributed by atoms with Gasteiger partial charge in [-0.25, -0.2) is 0 Å². The molecule has 202 valence electrons. The normalized spacial score (nSPS) is 10.8. The van der Waals surface area contributed by atoms with Gasteiger partial charge in [0.05, 0.1) is 13.2 Å². The summed E-state index contributed by atoms with van der Waals surface area (Å²) < 4.78 is 16.9. The molecule has 6 heteroatoms. The topological polar surface area (TPSA) is 60.0 Å². The van der Waals surface area contributed by atoms with Crippen molar-refractivity contribution in [3.05, 3.63) is 131 Å². The highest BCUT2D eigenvalue weighted by Gasteiger charge is 2.13. The van der Waals surface area contributed by atoms with E-state index in [2.05, 4.69) is 34.5 Å². The molecule has 0 aliphatic rings. The van der Waals surface area contributed by atoms with Crippen molar-refractivity contribution in [2.75, 3.05) is 26.8 Å². The van der Waals surface area contributed by atoms with Gasteiger partial charge in [-0.3, -0.25) is 9.69 Å². The third-order valence-corrected chi connectivity index (χ3v) is 6.15. The Bertz CT molecular complexity index is 1160. The van der Waals surface area contributed by atoms with Crippen molar-refractivity contribution in [2.45, 2.75) is 26.3 Å². The van der Waals surface area contributed by atoms with E-state index in [1.54, 1.807) is 7.11 Å². The Labute approximate surface area is 231 Å². The lowest BCUT2D eigenvalue weighted by molar-refractivity contribution is -0.122. The molecule has 4 rings (SSSR count). The van der Waals surface area contributed by atoms with Crippen LogP contribution < -0.4 is 14.8 Å². The van der Waals surface area contributed by atoms with Crippen molar-refractivity contribution >= 4 is 5.91 Å². The van der Waals surface area contributed by atoms with Crippen LogP contribution in [0.4, 0.5) is 0 Å². The van der Waals surface area contributed by atoms with Gasteiger partial charge in [0.2, 0.25) is 5.91 Å². The summed E-state index contributed by atoms with van der Waals surface area (Å²) in [6.07, 6.45) is 0. The number of methoxy groups -OCH3 is 1. The van der Waals surface area contributed by atoms with Crippen LogP contribution in [-0.2, 0) is 35.8 Å². The first-order valence-electron chi connectivity index (χ1n) is 13.2. The Morgan fingerprint density at radius 2 is 1.10 bits per heavy atom. The lowest BCUT2D eigenvalue weighted by Gasteiger charge is -2.22. The summed E-state index contributed by atoms with van der Waals surface area (Å²) in [4.78, 5) is 14.7. The van der Waals surface area contributed by atoms with Crippen LogP contribution >= 0.6 is 0 Å². The molecular formula is C33H36N2O4. The average Bonchev–Trinajstić information content (AvgIpc) is 2.97. The van der Waals surface area contributed by atoms with Gasteiger partial charge in [0.1, 0.15) is 24.7 Å². The van der Waals surface area contributed by atoms with E-state index in [1.165, 1.54) is 0 Å². The summed E-state index contributed by atoms with van der Waals surface area (Å²) in [5, 5.41) is 2.92. The van der Waals surface area contributed by atoms with E-state index < -0.39 is 0 Å². The molecular weight excluding hydrogens is 488 g/mol. The Morgan fingerprint density at radius 3 is 1.54 bits per heavy atom. The molecule has 0 fully saturated rings. The number of ether oxygens (including phenoxy) is 3. The van der Waals surface area contributed by atoms with E-state index in [-0.39, 0.29) is 12.5 Å². The van der Waals surface area contributed by atoms with Gasteiger partial charge >= 0.3 is 0 Å². The molecule has 0 radical (unpaired) electrons. The van der Waals surface area contributed by atoms with Crippen molar-refractivity contribution in [1.82, 2.24) is 10.2 Å². The monoisotopic (exact) mass is 524 g/mol. The Balaban J connectivity index is 1.35. The number of carbonyl (C=O) groups excluding carboxylic acids is 1. The van der Waals surface area contributed by atoms with Crippen LogP contribution in [0.5, 0.6) is 11.5 Å². The Kier molecular flexibility index (Phi) is 11.0. The number of hydrogen-bond donors (Lipinski definition) is 1. The van der Waals surface area contributed by atoms with Crippen molar-refractivity contribution < 1.29 is 19.0 Å². The van der Waals surface area contributed by atoms with Gasteiger partial charge in [-0.2, -0.15) is 0 Å². The Morgan fingerprint density at radius 1 is 0.641 bits per heavy atom. The molecule has 0 heterocycles. The minimum absolute atomic E-state index is 0.0299. The summed E-state index contributed by atoms with van der Waals surface area (Å²) >= 11 is 0. The second kappa shape index (κ2) is 15.3. The molecule has 4 aromatic rings. The van der Waals surface area contributed by atoms with Crippen LogP contribution in [0.3, 0.4) is 0 Å². The lowest BCUT2D eigenvalue weighted by atomic mass is 10.1. The molecule has 0 aliphatic heterocycles. The number of carbonyl (C=O) groups is 1. The Hall–Kier alpha value is -4.13. The lowest BCUT2D eigenvalue weighted by Crippen LogP contribution is -2.37. The van der Waals surface area contributed by atoms with Crippen molar-refractivity contribution in [3.8, 4) is 11.5 Å². The maximum atomic E-state index is 12.6. The zero-order valence-corrected chi connectivity index (χ0v) is 22.4. The highest BCUT2D eigenvalue weighted by atomic mass is 16.5. The first kappa shape index (κ1) is 27.9. The van der Waals surface area contributed by atoms with Crippen LogP contribution in [0.25, 0.3) is 0 Å². The number of rotatable bonds is 15. The minimum Gasteiger partial charge on any atom is -0.489 e. The molecule has 0 saturated heterocycles. The van der Waals surface area contributed by atoms with Gasteiger partial charge in [0.15, 0.2) is 0 Å². The predicted molar refractivity (Wildman–Crippen MR) is 153 cm³/mol. The summed E-state index contributed by atoms with van der Waals surface area (Å²) in [6.45, 7) is 3.57. The predicted octanol–water partition coefficient (Wildman–Crippen LogP) is 5.61. The molecule has 1 amide bonds. The summed E-state index contributed by atoms with van der Waals surface area (Å²) in [6, 6.07) is 36.3. The molecule has 0 atom stereocenters. The fourth-order valence-corrected chi connectivity index (χ4v) is 4.10. The second-order valence-corrected chi connectivity index (χ2v) is 9.32. The van der Waals surface area contributed by atoms with E-state index in [9.17, 15) is 4.79 Å². The fraction of sp³-hybridized carbons (Fsp3) is 0.242. The van der Waals surface area contributed by atoms with Gasteiger partial charge in [0, 0.05) is 26.7 Å². The van der Waals surface area contributed by atoms with E-state index in [4.69, 9.17) is 14.2 Å². The first-order valence-corrected chi connectivity index (χ1v) is 13.2. The highest BCUT2D eigenvalue weighted by molar-refractivity contribution is 5.78. The maximum Gasteiger partial charge on any atom is 0.234 e.